The number of rotatable bonds is 9. The van der Waals surface area contributed by atoms with Crippen LogP contribution in [0.5, 0.6) is 11.5 Å². The highest BCUT2D eigenvalue weighted by molar-refractivity contribution is 6.33. The van der Waals surface area contributed by atoms with Gasteiger partial charge in [0, 0.05) is 22.2 Å². The van der Waals surface area contributed by atoms with Crippen molar-refractivity contribution in [2.75, 3.05) is 6.61 Å². The van der Waals surface area contributed by atoms with E-state index in [1.807, 2.05) is 44.2 Å². The average Bonchev–Trinajstić information content (AvgIpc) is 2.57. The summed E-state index contributed by atoms with van der Waals surface area (Å²) in [6, 6.07) is 9.91. The average molecular weight is 369 g/mol. The quantitative estimate of drug-likeness (QED) is 0.356. The van der Waals surface area contributed by atoms with Crippen LogP contribution in [0.4, 0.5) is 0 Å². The normalized spacial score (nSPS) is 12.6. The third-order valence-corrected chi connectivity index (χ3v) is 4.69. The molecular formula is C20H26Cl2O2. The monoisotopic (exact) mass is 368 g/mol. The van der Waals surface area contributed by atoms with Crippen molar-refractivity contribution >= 4 is 34.0 Å². The van der Waals surface area contributed by atoms with Gasteiger partial charge in [0.2, 0.25) is 0 Å². The van der Waals surface area contributed by atoms with E-state index in [0.717, 1.165) is 48.0 Å². The van der Waals surface area contributed by atoms with Crippen LogP contribution < -0.4 is 9.47 Å². The van der Waals surface area contributed by atoms with E-state index in [-0.39, 0.29) is 11.5 Å². The molecule has 2 aromatic carbocycles. The van der Waals surface area contributed by atoms with Crippen molar-refractivity contribution in [3.8, 4) is 11.5 Å². The van der Waals surface area contributed by atoms with Crippen LogP contribution in [0.1, 0.15) is 46.5 Å². The zero-order chi connectivity index (χ0) is 17.5. The van der Waals surface area contributed by atoms with E-state index in [9.17, 15) is 0 Å². The minimum Gasteiger partial charge on any atom is -0.493 e. The van der Waals surface area contributed by atoms with Gasteiger partial charge < -0.3 is 9.47 Å². The van der Waals surface area contributed by atoms with Crippen LogP contribution in [0.3, 0.4) is 0 Å². The maximum absolute atomic E-state index is 6.43. The highest BCUT2D eigenvalue weighted by Gasteiger charge is 2.14. The maximum Gasteiger partial charge on any atom is 0.146 e. The second-order valence-electron chi connectivity index (χ2n) is 6.25. The molecular weight excluding hydrogens is 343 g/mol. The lowest BCUT2D eigenvalue weighted by Crippen LogP contribution is -2.07. The Morgan fingerprint density at radius 2 is 1.79 bits per heavy atom. The molecule has 0 aliphatic rings. The minimum atomic E-state index is 0.0692. The van der Waals surface area contributed by atoms with Gasteiger partial charge in [-0.15, -0.1) is 11.6 Å². The molecule has 0 radical (unpaired) electrons. The number of alkyl halides is 1. The second kappa shape index (κ2) is 9.39. The van der Waals surface area contributed by atoms with Crippen molar-refractivity contribution in [2.45, 2.75) is 57.9 Å². The van der Waals surface area contributed by atoms with Crippen molar-refractivity contribution in [2.24, 2.45) is 0 Å². The highest BCUT2D eigenvalue weighted by atomic mass is 35.5. The Hall–Kier alpha value is -1.12. The first kappa shape index (κ1) is 19.2. The summed E-state index contributed by atoms with van der Waals surface area (Å²) in [4.78, 5) is 0. The standard InChI is InChI=1S/C20H26Cl2O2/c1-4-15(21)9-7-8-12-23-19-13-18(22)20(24-14(2)3)17-11-6-5-10-16(17)19/h5-6,10-11,13-15H,4,7-9,12H2,1-3H3. The topological polar surface area (TPSA) is 18.5 Å². The van der Waals surface area contributed by atoms with E-state index in [1.54, 1.807) is 0 Å². The molecule has 0 amide bonds. The van der Waals surface area contributed by atoms with Crippen molar-refractivity contribution in [3.63, 3.8) is 0 Å². The van der Waals surface area contributed by atoms with Gasteiger partial charge in [0.1, 0.15) is 11.5 Å². The van der Waals surface area contributed by atoms with Crippen molar-refractivity contribution in [1.29, 1.82) is 0 Å². The molecule has 132 valence electrons. The number of ether oxygens (including phenoxy) is 2. The summed E-state index contributed by atoms with van der Waals surface area (Å²) in [7, 11) is 0. The fraction of sp³-hybridized carbons (Fsp3) is 0.500. The summed E-state index contributed by atoms with van der Waals surface area (Å²) in [6.07, 6.45) is 4.17. The molecule has 0 saturated carbocycles. The summed E-state index contributed by atoms with van der Waals surface area (Å²) in [6.45, 7) is 6.77. The molecule has 0 N–H and O–H groups in total. The molecule has 0 aromatic heterocycles. The van der Waals surface area contributed by atoms with Gasteiger partial charge in [0.15, 0.2) is 0 Å². The third kappa shape index (κ3) is 5.19. The zero-order valence-electron chi connectivity index (χ0n) is 14.6. The van der Waals surface area contributed by atoms with Gasteiger partial charge in [0.25, 0.3) is 0 Å². The van der Waals surface area contributed by atoms with E-state index in [1.165, 1.54) is 0 Å². The van der Waals surface area contributed by atoms with Crippen molar-refractivity contribution in [1.82, 2.24) is 0 Å². The van der Waals surface area contributed by atoms with Crippen LogP contribution in [-0.2, 0) is 0 Å². The van der Waals surface area contributed by atoms with E-state index in [0.29, 0.717) is 11.6 Å². The Kier molecular flexibility index (Phi) is 7.51. The smallest absolute Gasteiger partial charge is 0.146 e. The predicted octanol–water partition coefficient (Wildman–Crippen LogP) is 6.85. The zero-order valence-corrected chi connectivity index (χ0v) is 16.2. The fourth-order valence-corrected chi connectivity index (χ4v) is 3.01. The molecule has 0 aliphatic carbocycles. The Morgan fingerprint density at radius 3 is 2.46 bits per heavy atom. The van der Waals surface area contributed by atoms with E-state index in [4.69, 9.17) is 32.7 Å². The Labute approximate surface area is 155 Å². The molecule has 0 saturated heterocycles. The largest absolute Gasteiger partial charge is 0.493 e. The van der Waals surface area contributed by atoms with Crippen LogP contribution in [0.25, 0.3) is 10.8 Å². The van der Waals surface area contributed by atoms with Gasteiger partial charge >= 0.3 is 0 Å². The first-order valence-electron chi connectivity index (χ1n) is 8.67. The number of hydrogen-bond donors (Lipinski definition) is 0. The van der Waals surface area contributed by atoms with Gasteiger partial charge in [-0.2, -0.15) is 0 Å². The van der Waals surface area contributed by atoms with Crippen LogP contribution >= 0.6 is 23.2 Å². The Balaban J connectivity index is 2.11. The number of fused-ring (bicyclic) bond motifs is 1. The number of hydrogen-bond acceptors (Lipinski definition) is 2. The maximum atomic E-state index is 6.43. The van der Waals surface area contributed by atoms with Gasteiger partial charge in [-0.05, 0) is 39.5 Å². The number of unbranched alkanes of at least 4 members (excludes halogenated alkanes) is 1. The molecule has 1 atom stereocenters. The molecule has 24 heavy (non-hydrogen) atoms. The lowest BCUT2D eigenvalue weighted by molar-refractivity contribution is 0.245. The summed E-state index contributed by atoms with van der Waals surface area (Å²) in [5, 5.41) is 2.87. The van der Waals surface area contributed by atoms with Crippen molar-refractivity contribution < 1.29 is 9.47 Å². The lowest BCUT2D eigenvalue weighted by Gasteiger charge is -2.17. The van der Waals surface area contributed by atoms with Gasteiger partial charge in [-0.25, -0.2) is 0 Å². The summed E-state index contributed by atoms with van der Waals surface area (Å²) in [5.41, 5.74) is 0. The Bertz CT molecular complexity index is 655. The molecule has 0 bridgehead atoms. The minimum absolute atomic E-state index is 0.0692. The number of halogens is 2. The van der Waals surface area contributed by atoms with Gasteiger partial charge in [-0.1, -0.05) is 42.8 Å². The van der Waals surface area contributed by atoms with Crippen LogP contribution in [0.15, 0.2) is 30.3 Å². The van der Waals surface area contributed by atoms with E-state index in [2.05, 4.69) is 6.92 Å². The van der Waals surface area contributed by atoms with Crippen LogP contribution in [0.2, 0.25) is 5.02 Å². The first-order valence-corrected chi connectivity index (χ1v) is 9.49. The highest BCUT2D eigenvalue weighted by Crippen LogP contribution is 2.40. The summed E-state index contributed by atoms with van der Waals surface area (Å²) in [5.74, 6) is 1.53. The van der Waals surface area contributed by atoms with Crippen LogP contribution in [0, 0.1) is 0 Å². The molecule has 0 fully saturated rings. The molecule has 0 aliphatic heterocycles. The first-order chi connectivity index (χ1) is 11.5. The van der Waals surface area contributed by atoms with Crippen LogP contribution in [-0.4, -0.2) is 18.1 Å². The molecule has 0 spiro atoms. The van der Waals surface area contributed by atoms with Crippen molar-refractivity contribution in [3.05, 3.63) is 35.4 Å². The van der Waals surface area contributed by atoms with E-state index < -0.39 is 0 Å². The second-order valence-corrected chi connectivity index (χ2v) is 7.27. The Morgan fingerprint density at radius 1 is 1.08 bits per heavy atom. The lowest BCUT2D eigenvalue weighted by atomic mass is 10.1. The fourth-order valence-electron chi connectivity index (χ4n) is 2.61. The summed E-state index contributed by atoms with van der Waals surface area (Å²) < 4.78 is 11.9. The van der Waals surface area contributed by atoms with E-state index >= 15 is 0 Å². The molecule has 1 unspecified atom stereocenters. The molecule has 2 aromatic rings. The molecule has 0 heterocycles. The molecule has 4 heteroatoms. The number of benzene rings is 2. The molecule has 2 nitrogen and oxygen atoms in total. The van der Waals surface area contributed by atoms with Gasteiger partial charge in [-0.3, -0.25) is 0 Å². The van der Waals surface area contributed by atoms with Gasteiger partial charge in [0.05, 0.1) is 17.7 Å². The summed E-state index contributed by atoms with van der Waals surface area (Å²) >= 11 is 12.6. The predicted molar refractivity (Wildman–Crippen MR) is 104 cm³/mol. The molecule has 2 rings (SSSR count). The SMILES string of the molecule is CCC(Cl)CCCCOc1cc(Cl)c(OC(C)C)c2ccccc12. The third-order valence-electron chi connectivity index (χ3n) is 3.88.